The maximum atomic E-state index is 12.2. The Labute approximate surface area is 230 Å². The highest BCUT2D eigenvalue weighted by atomic mass is 16.5. The molecule has 0 aliphatic carbocycles. The van der Waals surface area contributed by atoms with Crippen molar-refractivity contribution in [1.82, 2.24) is 0 Å². The topological polar surface area (TPSA) is 35.5 Å². The third-order valence-electron chi connectivity index (χ3n) is 7.09. The molecule has 3 aromatic rings. The van der Waals surface area contributed by atoms with Crippen LogP contribution in [0.4, 0.5) is 0 Å². The Hall–Kier alpha value is -3.07. The lowest BCUT2D eigenvalue weighted by Gasteiger charge is -2.15. The van der Waals surface area contributed by atoms with Crippen molar-refractivity contribution in [3.8, 4) is 28.0 Å². The maximum absolute atomic E-state index is 12.2. The van der Waals surface area contributed by atoms with E-state index >= 15 is 0 Å². The molecule has 1 unspecified atom stereocenters. The summed E-state index contributed by atoms with van der Waals surface area (Å²) in [4.78, 5) is 12.2. The Morgan fingerprint density at radius 3 is 1.79 bits per heavy atom. The van der Waals surface area contributed by atoms with Crippen LogP contribution in [0.3, 0.4) is 0 Å². The van der Waals surface area contributed by atoms with Gasteiger partial charge in [-0.3, -0.25) is 4.79 Å². The van der Waals surface area contributed by atoms with Crippen LogP contribution in [-0.4, -0.2) is 12.6 Å². The van der Waals surface area contributed by atoms with Crippen LogP contribution >= 0.6 is 0 Å². The van der Waals surface area contributed by atoms with Gasteiger partial charge in [-0.1, -0.05) is 126 Å². The molecule has 1 atom stereocenters. The zero-order chi connectivity index (χ0) is 27.0. The van der Waals surface area contributed by atoms with Crippen molar-refractivity contribution >= 4 is 5.97 Å². The van der Waals surface area contributed by atoms with Crippen LogP contribution in [0.1, 0.15) is 103 Å². The first kappa shape index (κ1) is 29.5. The fraction of sp³-hybridized carbons (Fsp3) is 0.457. The molecule has 0 bridgehead atoms. The van der Waals surface area contributed by atoms with Crippen LogP contribution in [0.5, 0.6) is 5.75 Å². The predicted molar refractivity (Wildman–Crippen MR) is 159 cm³/mol. The number of esters is 1. The number of rotatable bonds is 17. The number of hydrogen-bond acceptors (Lipinski definition) is 3. The van der Waals surface area contributed by atoms with Gasteiger partial charge in [0, 0.05) is 6.42 Å². The van der Waals surface area contributed by atoms with E-state index in [0.29, 0.717) is 6.42 Å². The lowest BCUT2D eigenvalue weighted by Crippen LogP contribution is -2.08. The zero-order valence-corrected chi connectivity index (χ0v) is 23.7. The summed E-state index contributed by atoms with van der Waals surface area (Å²) in [6, 6.07) is 25.3. The molecule has 0 N–H and O–H groups in total. The van der Waals surface area contributed by atoms with E-state index in [1.54, 1.807) is 0 Å². The van der Waals surface area contributed by atoms with E-state index in [1.807, 2.05) is 6.92 Å². The normalized spacial score (nSPS) is 11.8. The number of carbonyl (C=O) groups excluding carboxylic acids is 1. The number of carbonyl (C=O) groups is 1. The minimum atomic E-state index is -0.248. The standard InChI is InChI=1S/C35H46O3/c1-4-6-8-10-11-15-27-37-32-25-23-31(24-26-32)34-17-14-13-16-33(34)30-21-19-29(20-22-30)28(3)38-35(36)18-12-9-7-5-2/h13-14,16-17,19-26,28H,4-12,15,18,27H2,1-3H3. The molecule has 0 spiro atoms. The van der Waals surface area contributed by atoms with Gasteiger partial charge in [0.25, 0.3) is 0 Å². The Morgan fingerprint density at radius 2 is 1.18 bits per heavy atom. The highest BCUT2D eigenvalue weighted by Gasteiger charge is 2.13. The lowest BCUT2D eigenvalue weighted by molar-refractivity contribution is -0.148. The molecule has 0 fully saturated rings. The fourth-order valence-electron chi connectivity index (χ4n) is 4.74. The van der Waals surface area contributed by atoms with Crippen molar-refractivity contribution in [2.24, 2.45) is 0 Å². The van der Waals surface area contributed by atoms with Crippen molar-refractivity contribution in [2.75, 3.05) is 6.61 Å². The molecule has 3 heteroatoms. The molecule has 0 aliphatic heterocycles. The average Bonchev–Trinajstić information content (AvgIpc) is 2.95. The van der Waals surface area contributed by atoms with Crippen LogP contribution in [0, 0.1) is 0 Å². The number of benzene rings is 3. The molecule has 0 radical (unpaired) electrons. The zero-order valence-electron chi connectivity index (χ0n) is 23.7. The molecule has 0 aromatic heterocycles. The summed E-state index contributed by atoms with van der Waals surface area (Å²) >= 11 is 0. The molecule has 0 aliphatic rings. The summed E-state index contributed by atoms with van der Waals surface area (Å²) in [6.45, 7) is 7.15. The average molecular weight is 515 g/mol. The Bertz CT molecular complexity index is 1070. The van der Waals surface area contributed by atoms with Crippen LogP contribution in [0.15, 0.2) is 72.8 Å². The van der Waals surface area contributed by atoms with Crippen LogP contribution in [0.25, 0.3) is 22.3 Å². The van der Waals surface area contributed by atoms with Gasteiger partial charge in [0.15, 0.2) is 0 Å². The summed E-state index contributed by atoms with van der Waals surface area (Å²) in [5, 5.41) is 0. The summed E-state index contributed by atoms with van der Waals surface area (Å²) < 4.78 is 11.7. The van der Waals surface area contributed by atoms with E-state index in [9.17, 15) is 4.79 Å². The minimum absolute atomic E-state index is 0.109. The van der Waals surface area contributed by atoms with Gasteiger partial charge in [0.2, 0.25) is 0 Å². The van der Waals surface area contributed by atoms with Crippen molar-refractivity contribution < 1.29 is 14.3 Å². The summed E-state index contributed by atoms with van der Waals surface area (Å²) in [7, 11) is 0. The van der Waals surface area contributed by atoms with Gasteiger partial charge in [-0.05, 0) is 59.7 Å². The molecule has 38 heavy (non-hydrogen) atoms. The second-order valence-electron chi connectivity index (χ2n) is 10.3. The highest BCUT2D eigenvalue weighted by molar-refractivity contribution is 5.83. The smallest absolute Gasteiger partial charge is 0.306 e. The first-order valence-electron chi connectivity index (χ1n) is 14.7. The third-order valence-corrected chi connectivity index (χ3v) is 7.09. The van der Waals surface area contributed by atoms with E-state index in [2.05, 4.69) is 86.6 Å². The second kappa shape index (κ2) is 16.7. The lowest BCUT2D eigenvalue weighted by atomic mass is 9.94. The Morgan fingerprint density at radius 1 is 0.658 bits per heavy atom. The fourth-order valence-corrected chi connectivity index (χ4v) is 4.74. The van der Waals surface area contributed by atoms with Gasteiger partial charge in [0.05, 0.1) is 6.61 Å². The van der Waals surface area contributed by atoms with E-state index in [1.165, 1.54) is 61.6 Å². The minimum Gasteiger partial charge on any atom is -0.494 e. The molecule has 0 saturated carbocycles. The first-order chi connectivity index (χ1) is 18.6. The molecule has 0 saturated heterocycles. The quantitative estimate of drug-likeness (QED) is 0.133. The summed E-state index contributed by atoms with van der Waals surface area (Å²) in [5.41, 5.74) is 5.70. The van der Waals surface area contributed by atoms with E-state index in [0.717, 1.165) is 42.7 Å². The molecule has 3 nitrogen and oxygen atoms in total. The molecule has 204 valence electrons. The molecular weight excluding hydrogens is 468 g/mol. The first-order valence-corrected chi connectivity index (χ1v) is 14.7. The van der Waals surface area contributed by atoms with Crippen LogP contribution in [-0.2, 0) is 9.53 Å². The predicted octanol–water partition coefficient (Wildman–Crippen LogP) is 10.3. The monoisotopic (exact) mass is 514 g/mol. The number of hydrogen-bond donors (Lipinski definition) is 0. The molecule has 3 aromatic carbocycles. The summed E-state index contributed by atoms with van der Waals surface area (Å²) in [5.74, 6) is 0.820. The van der Waals surface area contributed by atoms with E-state index in [4.69, 9.17) is 9.47 Å². The summed E-state index contributed by atoms with van der Waals surface area (Å²) in [6.07, 6.45) is 12.2. The SMILES string of the molecule is CCCCCCCCOc1ccc(-c2ccccc2-c2ccc(C(C)OC(=O)CCCCCC)cc2)cc1. The van der Waals surface area contributed by atoms with E-state index in [-0.39, 0.29) is 12.1 Å². The van der Waals surface area contributed by atoms with Gasteiger partial charge in [0.1, 0.15) is 11.9 Å². The van der Waals surface area contributed by atoms with Gasteiger partial charge in [-0.15, -0.1) is 0 Å². The number of unbranched alkanes of at least 4 members (excludes halogenated alkanes) is 8. The van der Waals surface area contributed by atoms with Gasteiger partial charge < -0.3 is 9.47 Å². The maximum Gasteiger partial charge on any atom is 0.306 e. The van der Waals surface area contributed by atoms with Crippen molar-refractivity contribution in [2.45, 2.75) is 97.5 Å². The highest BCUT2D eigenvalue weighted by Crippen LogP contribution is 2.33. The van der Waals surface area contributed by atoms with Crippen molar-refractivity contribution in [3.05, 3.63) is 78.4 Å². The van der Waals surface area contributed by atoms with Crippen molar-refractivity contribution in [1.29, 1.82) is 0 Å². The Kier molecular flexibility index (Phi) is 13.0. The van der Waals surface area contributed by atoms with Gasteiger partial charge in [-0.2, -0.15) is 0 Å². The number of ether oxygens (including phenoxy) is 2. The molecule has 3 rings (SSSR count). The second-order valence-corrected chi connectivity index (χ2v) is 10.3. The van der Waals surface area contributed by atoms with Crippen LogP contribution < -0.4 is 4.74 Å². The molecular formula is C35H46O3. The molecule has 0 amide bonds. The van der Waals surface area contributed by atoms with Gasteiger partial charge in [-0.25, -0.2) is 0 Å². The third kappa shape index (κ3) is 9.67. The Balaban J connectivity index is 1.58. The van der Waals surface area contributed by atoms with Gasteiger partial charge >= 0.3 is 5.97 Å². The van der Waals surface area contributed by atoms with E-state index < -0.39 is 0 Å². The van der Waals surface area contributed by atoms with Crippen LogP contribution in [0.2, 0.25) is 0 Å². The van der Waals surface area contributed by atoms with Crippen molar-refractivity contribution in [3.63, 3.8) is 0 Å². The molecule has 0 heterocycles. The largest absolute Gasteiger partial charge is 0.494 e.